The summed E-state index contributed by atoms with van der Waals surface area (Å²) < 4.78 is 5.31. The van der Waals surface area contributed by atoms with Gasteiger partial charge in [0.15, 0.2) is 0 Å². The van der Waals surface area contributed by atoms with Crippen LogP contribution in [0.3, 0.4) is 0 Å². The van der Waals surface area contributed by atoms with Crippen LogP contribution < -0.4 is 10.2 Å². The average Bonchev–Trinajstić information content (AvgIpc) is 3.12. The van der Waals surface area contributed by atoms with Gasteiger partial charge in [-0.3, -0.25) is 4.79 Å². The number of carbonyl (C=O) groups is 1. The number of hydrogen-bond acceptors (Lipinski definition) is 3. The summed E-state index contributed by atoms with van der Waals surface area (Å²) in [5, 5.41) is 3.06. The van der Waals surface area contributed by atoms with Crippen molar-refractivity contribution in [3.63, 3.8) is 0 Å². The van der Waals surface area contributed by atoms with Crippen molar-refractivity contribution in [2.45, 2.75) is 38.3 Å². The Morgan fingerprint density at radius 1 is 1.22 bits per heavy atom. The van der Waals surface area contributed by atoms with Crippen LogP contribution in [-0.2, 0) is 17.8 Å². The first-order chi connectivity index (χ1) is 11.3. The van der Waals surface area contributed by atoms with E-state index < -0.39 is 0 Å². The number of amides is 1. The Hall–Kier alpha value is -2.23. The third kappa shape index (κ3) is 2.74. The molecule has 0 aliphatic carbocycles. The molecule has 1 N–H and O–H groups in total. The summed E-state index contributed by atoms with van der Waals surface area (Å²) in [5.74, 6) is 0.975. The Balaban J connectivity index is 1.54. The topological polar surface area (TPSA) is 45.5 Å². The molecule has 120 valence electrons. The molecule has 0 unspecified atom stereocenters. The third-order valence-corrected chi connectivity index (χ3v) is 5.11. The van der Waals surface area contributed by atoms with Crippen molar-refractivity contribution in [1.82, 2.24) is 5.32 Å². The first-order valence-corrected chi connectivity index (χ1v) is 8.47. The van der Waals surface area contributed by atoms with Crippen molar-refractivity contribution >= 4 is 11.6 Å². The molecule has 23 heavy (non-hydrogen) atoms. The summed E-state index contributed by atoms with van der Waals surface area (Å²) in [6, 6.07) is 12.6. The normalized spacial score (nSPS) is 23.0. The zero-order chi connectivity index (χ0) is 15.6. The molecule has 1 aromatic heterocycles. The molecule has 2 aliphatic heterocycles. The van der Waals surface area contributed by atoms with Gasteiger partial charge in [-0.2, -0.15) is 0 Å². The van der Waals surface area contributed by atoms with Crippen molar-refractivity contribution in [1.29, 1.82) is 0 Å². The summed E-state index contributed by atoms with van der Waals surface area (Å²) in [4.78, 5) is 15.2. The lowest BCUT2D eigenvalue weighted by atomic mass is 9.80. The fourth-order valence-corrected chi connectivity index (χ4v) is 4.00. The van der Waals surface area contributed by atoms with Gasteiger partial charge in [0.2, 0.25) is 5.91 Å². The summed E-state index contributed by atoms with van der Waals surface area (Å²) >= 11 is 0. The number of para-hydroxylation sites is 1. The molecule has 4 rings (SSSR count). The predicted octanol–water partition coefficient (Wildman–Crippen LogP) is 3.13. The number of anilines is 1. The van der Waals surface area contributed by atoms with E-state index in [4.69, 9.17) is 4.42 Å². The predicted molar refractivity (Wildman–Crippen MR) is 89.2 cm³/mol. The highest BCUT2D eigenvalue weighted by Gasteiger charge is 2.39. The standard InChI is InChI=1S/C19H22N2O2/c22-19(20-13-15-7-5-11-23-15)16-12-14-6-1-2-8-17(14)21-10-4-3-9-18(16)21/h1-2,5-8,11,16,18H,3-4,9-10,12-13H2,(H,20,22)/t16-,18-/m0/s1. The second kappa shape index (κ2) is 6.11. The number of carbonyl (C=O) groups excluding carboxylic acids is 1. The van der Waals surface area contributed by atoms with E-state index in [1.54, 1.807) is 6.26 Å². The van der Waals surface area contributed by atoms with E-state index in [1.165, 1.54) is 24.1 Å². The quantitative estimate of drug-likeness (QED) is 0.947. The number of nitrogens with zero attached hydrogens (tertiary/aromatic N) is 1. The van der Waals surface area contributed by atoms with Gasteiger partial charge in [-0.25, -0.2) is 0 Å². The molecule has 0 spiro atoms. The van der Waals surface area contributed by atoms with Crippen LogP contribution in [-0.4, -0.2) is 18.5 Å². The van der Waals surface area contributed by atoms with Crippen LogP contribution in [0.1, 0.15) is 30.6 Å². The van der Waals surface area contributed by atoms with E-state index in [0.717, 1.165) is 25.1 Å². The van der Waals surface area contributed by atoms with Crippen molar-refractivity contribution < 1.29 is 9.21 Å². The monoisotopic (exact) mass is 310 g/mol. The average molecular weight is 310 g/mol. The van der Waals surface area contributed by atoms with Crippen LogP contribution in [0.5, 0.6) is 0 Å². The number of hydrogen-bond donors (Lipinski definition) is 1. The molecule has 1 saturated heterocycles. The first-order valence-electron chi connectivity index (χ1n) is 8.47. The van der Waals surface area contributed by atoms with Gasteiger partial charge >= 0.3 is 0 Å². The zero-order valence-corrected chi connectivity index (χ0v) is 13.2. The minimum absolute atomic E-state index is 0.0279. The van der Waals surface area contributed by atoms with Crippen LogP contribution in [0.15, 0.2) is 47.1 Å². The van der Waals surface area contributed by atoms with Gasteiger partial charge in [0.1, 0.15) is 5.76 Å². The van der Waals surface area contributed by atoms with Crippen LogP contribution >= 0.6 is 0 Å². The Kier molecular flexibility index (Phi) is 3.82. The molecule has 0 radical (unpaired) electrons. The lowest BCUT2D eigenvalue weighted by Gasteiger charge is -2.46. The lowest BCUT2D eigenvalue weighted by Crippen LogP contribution is -2.53. The maximum Gasteiger partial charge on any atom is 0.225 e. The molecule has 4 heteroatoms. The van der Waals surface area contributed by atoms with E-state index in [1.807, 2.05) is 12.1 Å². The summed E-state index contributed by atoms with van der Waals surface area (Å²) in [6.07, 6.45) is 6.01. The van der Waals surface area contributed by atoms with Crippen LogP contribution in [0.25, 0.3) is 0 Å². The number of furan rings is 1. The highest BCUT2D eigenvalue weighted by atomic mass is 16.3. The van der Waals surface area contributed by atoms with Gasteiger partial charge in [0, 0.05) is 18.3 Å². The molecule has 1 amide bonds. The molecule has 4 nitrogen and oxygen atoms in total. The van der Waals surface area contributed by atoms with Crippen molar-refractivity contribution in [3.05, 3.63) is 54.0 Å². The van der Waals surface area contributed by atoms with Gasteiger partial charge in [0.05, 0.1) is 18.7 Å². The Morgan fingerprint density at radius 3 is 3.00 bits per heavy atom. The second-order valence-electron chi connectivity index (χ2n) is 6.49. The van der Waals surface area contributed by atoms with E-state index in [9.17, 15) is 4.79 Å². The fraction of sp³-hybridized carbons (Fsp3) is 0.421. The van der Waals surface area contributed by atoms with Gasteiger partial charge in [-0.15, -0.1) is 0 Å². The molecule has 1 aromatic carbocycles. The zero-order valence-electron chi connectivity index (χ0n) is 13.2. The molecular weight excluding hydrogens is 288 g/mol. The van der Waals surface area contributed by atoms with Gasteiger partial charge in [-0.1, -0.05) is 18.2 Å². The minimum atomic E-state index is 0.0279. The number of nitrogens with one attached hydrogen (secondary N) is 1. The molecule has 2 aromatic rings. The highest BCUT2D eigenvalue weighted by Crippen LogP contribution is 2.38. The van der Waals surface area contributed by atoms with Gasteiger partial charge in [0.25, 0.3) is 0 Å². The molecule has 3 heterocycles. The lowest BCUT2D eigenvalue weighted by molar-refractivity contribution is -0.126. The molecule has 2 aliphatic rings. The van der Waals surface area contributed by atoms with Crippen LogP contribution in [0.4, 0.5) is 5.69 Å². The maximum absolute atomic E-state index is 12.8. The Bertz CT molecular complexity index is 680. The molecule has 0 bridgehead atoms. The largest absolute Gasteiger partial charge is 0.467 e. The number of rotatable bonds is 3. The summed E-state index contributed by atoms with van der Waals surface area (Å²) in [7, 11) is 0. The fourth-order valence-electron chi connectivity index (χ4n) is 4.00. The SMILES string of the molecule is O=C(NCc1ccco1)[C@H]1Cc2ccccc2N2CCCC[C@@H]12. The molecular formula is C19H22N2O2. The Labute approximate surface area is 136 Å². The van der Waals surface area contributed by atoms with Crippen LogP contribution in [0.2, 0.25) is 0 Å². The summed E-state index contributed by atoms with van der Waals surface area (Å²) in [6.45, 7) is 1.53. The van der Waals surface area contributed by atoms with E-state index in [-0.39, 0.29) is 11.8 Å². The second-order valence-corrected chi connectivity index (χ2v) is 6.49. The molecule has 2 atom stereocenters. The first kappa shape index (κ1) is 14.4. The number of piperidine rings is 1. The van der Waals surface area contributed by atoms with E-state index in [2.05, 4.69) is 34.5 Å². The van der Waals surface area contributed by atoms with Crippen molar-refractivity contribution in [2.24, 2.45) is 5.92 Å². The molecule has 1 fully saturated rings. The molecule has 0 saturated carbocycles. The van der Waals surface area contributed by atoms with E-state index >= 15 is 0 Å². The van der Waals surface area contributed by atoms with Crippen molar-refractivity contribution in [2.75, 3.05) is 11.4 Å². The van der Waals surface area contributed by atoms with E-state index in [0.29, 0.717) is 12.6 Å². The minimum Gasteiger partial charge on any atom is -0.467 e. The Morgan fingerprint density at radius 2 is 2.13 bits per heavy atom. The van der Waals surface area contributed by atoms with Gasteiger partial charge < -0.3 is 14.6 Å². The number of fused-ring (bicyclic) bond motifs is 3. The third-order valence-electron chi connectivity index (χ3n) is 5.11. The maximum atomic E-state index is 12.8. The van der Waals surface area contributed by atoms with Crippen molar-refractivity contribution in [3.8, 4) is 0 Å². The van der Waals surface area contributed by atoms with Gasteiger partial charge in [-0.05, 0) is 49.4 Å². The highest BCUT2D eigenvalue weighted by molar-refractivity contribution is 5.82. The van der Waals surface area contributed by atoms with Crippen LogP contribution in [0, 0.1) is 5.92 Å². The summed E-state index contributed by atoms with van der Waals surface area (Å²) in [5.41, 5.74) is 2.62. The smallest absolute Gasteiger partial charge is 0.225 e. The number of benzene rings is 1.